The van der Waals surface area contributed by atoms with Crippen molar-refractivity contribution in [1.29, 1.82) is 0 Å². The topological polar surface area (TPSA) is 48.9 Å². The van der Waals surface area contributed by atoms with Crippen molar-refractivity contribution in [3.63, 3.8) is 0 Å². The second-order valence-electron chi connectivity index (χ2n) is 6.27. The Morgan fingerprint density at radius 2 is 2.08 bits per heavy atom. The first-order valence-electron chi connectivity index (χ1n) is 8.53. The van der Waals surface area contributed by atoms with Gasteiger partial charge in [-0.3, -0.25) is 14.7 Å². The number of carbonyl (C=O) groups is 1. The van der Waals surface area contributed by atoms with Gasteiger partial charge in [0, 0.05) is 51.2 Å². The number of ether oxygens (including phenoxy) is 1. The minimum absolute atomic E-state index is 0.0888. The molecule has 0 saturated carbocycles. The maximum absolute atomic E-state index is 13.3. The van der Waals surface area contributed by atoms with E-state index < -0.39 is 5.91 Å². The summed E-state index contributed by atoms with van der Waals surface area (Å²) in [6.45, 7) is 4.91. The fourth-order valence-corrected chi connectivity index (χ4v) is 3.43. The van der Waals surface area contributed by atoms with Crippen molar-refractivity contribution in [3.8, 4) is 5.75 Å². The van der Waals surface area contributed by atoms with Crippen LogP contribution in [0.15, 0.2) is 24.4 Å². The van der Waals surface area contributed by atoms with E-state index in [9.17, 15) is 9.28 Å². The van der Waals surface area contributed by atoms with Crippen LogP contribution in [0.1, 0.15) is 6.92 Å². The minimum atomic E-state index is -0.562. The molecule has 0 N–H and O–H groups in total. The van der Waals surface area contributed by atoms with Gasteiger partial charge in [-0.15, -0.1) is 0 Å². The van der Waals surface area contributed by atoms with Crippen LogP contribution in [0.3, 0.4) is 0 Å². The number of rotatable bonds is 5. The van der Waals surface area contributed by atoms with E-state index in [1.165, 1.54) is 6.92 Å². The number of fused-ring (bicyclic) bond motifs is 1. The number of carbonyl (C=O) groups excluding carboxylic acids is 1. The van der Waals surface area contributed by atoms with Crippen LogP contribution in [0.25, 0.3) is 10.9 Å². The van der Waals surface area contributed by atoms with Gasteiger partial charge in [0.25, 0.3) is 0 Å². The van der Waals surface area contributed by atoms with Gasteiger partial charge >= 0.3 is 0 Å². The van der Waals surface area contributed by atoms with E-state index in [1.54, 1.807) is 13.3 Å². The Kier molecular flexibility index (Phi) is 5.78. The highest BCUT2D eigenvalue weighted by molar-refractivity contribution is 6.34. The second kappa shape index (κ2) is 8.05. The highest BCUT2D eigenvalue weighted by Gasteiger charge is 2.22. The molecule has 0 radical (unpaired) electrons. The molecule has 140 valence electrons. The van der Waals surface area contributed by atoms with Crippen LogP contribution in [0, 0.1) is 0 Å². The molecule has 3 rings (SSSR count). The highest BCUT2D eigenvalue weighted by atomic mass is 35.5. The van der Waals surface area contributed by atoms with Gasteiger partial charge in [-0.05, 0) is 18.2 Å². The third kappa shape index (κ3) is 3.99. The van der Waals surface area contributed by atoms with Gasteiger partial charge in [0.05, 0.1) is 29.9 Å². The van der Waals surface area contributed by atoms with E-state index in [0.29, 0.717) is 11.6 Å². The van der Waals surface area contributed by atoms with Crippen LogP contribution in [-0.2, 0) is 4.79 Å². The van der Waals surface area contributed by atoms with Crippen molar-refractivity contribution in [2.24, 2.45) is 0 Å². The quantitative estimate of drug-likeness (QED) is 0.746. The van der Waals surface area contributed by atoms with Crippen molar-refractivity contribution in [2.45, 2.75) is 6.92 Å². The molecule has 1 aliphatic heterocycles. The number of nitrogens with zero attached hydrogens (tertiary/aromatic N) is 4. The van der Waals surface area contributed by atoms with Crippen molar-refractivity contribution in [2.75, 3.05) is 51.3 Å². The molecule has 2 heterocycles. The molecule has 1 aliphatic rings. The van der Waals surface area contributed by atoms with Crippen LogP contribution in [0.5, 0.6) is 5.75 Å². The normalized spacial score (nSPS) is 15.3. The molecule has 0 bridgehead atoms. The third-order valence-corrected chi connectivity index (χ3v) is 4.92. The molecule has 1 fully saturated rings. The van der Waals surface area contributed by atoms with Gasteiger partial charge in [-0.1, -0.05) is 16.1 Å². The largest absolute Gasteiger partial charge is 0.497 e. The first-order chi connectivity index (χ1) is 12.5. The first-order valence-corrected chi connectivity index (χ1v) is 8.91. The van der Waals surface area contributed by atoms with Crippen LogP contribution in [0.4, 0.5) is 10.2 Å². The molecule has 1 aromatic heterocycles. The monoisotopic (exact) mass is 380 g/mol. The Bertz CT molecular complexity index is 796. The SMILES string of the molecule is COc1ccc2ncc(Cl)c(N3CCN(CCN(F)C(C)=O)CC3)c2c1. The summed E-state index contributed by atoms with van der Waals surface area (Å²) in [6.07, 6.45) is 1.67. The standard InChI is InChI=1S/C18H22ClFN4O2/c1-13(25)24(20)10-7-22-5-8-23(9-6-22)18-15-11-14(26-2)3-4-17(15)21-12-16(18)19/h3-4,11-12H,5-10H2,1-2H3. The van der Waals surface area contributed by atoms with Gasteiger partial charge in [0.2, 0.25) is 5.91 Å². The average molecular weight is 381 g/mol. The third-order valence-electron chi connectivity index (χ3n) is 4.64. The van der Waals surface area contributed by atoms with Gasteiger partial charge in [0.15, 0.2) is 0 Å². The van der Waals surface area contributed by atoms with Gasteiger partial charge in [-0.2, -0.15) is 5.12 Å². The summed E-state index contributed by atoms with van der Waals surface area (Å²) in [5.41, 5.74) is 1.81. The van der Waals surface area contributed by atoms with Crippen molar-refractivity contribution in [1.82, 2.24) is 15.0 Å². The average Bonchev–Trinajstić information content (AvgIpc) is 2.66. The number of amides is 1. The van der Waals surface area contributed by atoms with E-state index in [1.807, 2.05) is 18.2 Å². The number of aromatic nitrogens is 1. The lowest BCUT2D eigenvalue weighted by atomic mass is 10.1. The lowest BCUT2D eigenvalue weighted by molar-refractivity contribution is -0.144. The predicted molar refractivity (Wildman–Crippen MR) is 100 cm³/mol. The molecule has 6 nitrogen and oxygen atoms in total. The Hall–Kier alpha value is -2.12. The van der Waals surface area contributed by atoms with Gasteiger partial charge < -0.3 is 9.64 Å². The van der Waals surface area contributed by atoms with Gasteiger partial charge in [0.1, 0.15) is 5.75 Å². The Balaban J connectivity index is 1.73. The number of benzene rings is 1. The molecule has 1 saturated heterocycles. The Morgan fingerprint density at radius 1 is 1.35 bits per heavy atom. The summed E-state index contributed by atoms with van der Waals surface area (Å²) < 4.78 is 18.7. The fraction of sp³-hybridized carbons (Fsp3) is 0.444. The number of hydrogen-bond acceptors (Lipinski definition) is 5. The molecular weight excluding hydrogens is 359 g/mol. The molecule has 2 aromatic rings. The summed E-state index contributed by atoms with van der Waals surface area (Å²) in [5, 5.41) is 1.81. The Labute approximate surface area is 157 Å². The number of halogens is 2. The molecule has 0 unspecified atom stereocenters. The second-order valence-corrected chi connectivity index (χ2v) is 6.68. The maximum Gasteiger partial charge on any atom is 0.247 e. The summed E-state index contributed by atoms with van der Waals surface area (Å²) in [4.78, 5) is 19.7. The maximum atomic E-state index is 13.3. The predicted octanol–water partition coefficient (Wildman–Crippen LogP) is 2.75. The molecule has 1 amide bonds. The van der Waals surface area contributed by atoms with Crippen molar-refractivity contribution < 1.29 is 14.0 Å². The fourth-order valence-electron chi connectivity index (χ4n) is 3.16. The van der Waals surface area contributed by atoms with E-state index in [0.717, 1.165) is 48.5 Å². The number of anilines is 1. The molecule has 0 atom stereocenters. The first kappa shape index (κ1) is 18.7. The zero-order valence-corrected chi connectivity index (χ0v) is 15.7. The van der Waals surface area contributed by atoms with Crippen molar-refractivity contribution in [3.05, 3.63) is 29.4 Å². The summed E-state index contributed by atoms with van der Waals surface area (Å²) in [6, 6.07) is 5.74. The Morgan fingerprint density at radius 3 is 2.73 bits per heavy atom. The molecule has 26 heavy (non-hydrogen) atoms. The number of pyridine rings is 1. The zero-order chi connectivity index (χ0) is 18.7. The van der Waals surface area contributed by atoms with E-state index in [-0.39, 0.29) is 11.7 Å². The summed E-state index contributed by atoms with van der Waals surface area (Å²) in [5.74, 6) is 0.196. The lowest BCUT2D eigenvalue weighted by Crippen LogP contribution is -2.48. The summed E-state index contributed by atoms with van der Waals surface area (Å²) in [7, 11) is 1.63. The van der Waals surface area contributed by atoms with E-state index in [4.69, 9.17) is 16.3 Å². The summed E-state index contributed by atoms with van der Waals surface area (Å²) >= 11 is 6.45. The zero-order valence-electron chi connectivity index (χ0n) is 14.9. The molecule has 1 aromatic carbocycles. The molecule has 8 heteroatoms. The van der Waals surface area contributed by atoms with Gasteiger partial charge in [-0.25, -0.2) is 0 Å². The van der Waals surface area contributed by atoms with Crippen LogP contribution >= 0.6 is 11.6 Å². The minimum Gasteiger partial charge on any atom is -0.497 e. The van der Waals surface area contributed by atoms with Crippen LogP contribution in [0.2, 0.25) is 5.02 Å². The number of hydrogen-bond donors (Lipinski definition) is 0. The number of piperazine rings is 1. The molecule has 0 spiro atoms. The van der Waals surface area contributed by atoms with E-state index >= 15 is 0 Å². The van der Waals surface area contributed by atoms with E-state index in [2.05, 4.69) is 14.8 Å². The van der Waals surface area contributed by atoms with Crippen LogP contribution < -0.4 is 9.64 Å². The van der Waals surface area contributed by atoms with Crippen LogP contribution in [-0.4, -0.2) is 67.3 Å². The van der Waals surface area contributed by atoms with Crippen molar-refractivity contribution >= 4 is 34.1 Å². The molecular formula is C18H22ClFN4O2. The number of methoxy groups -OCH3 is 1. The smallest absolute Gasteiger partial charge is 0.247 e. The molecule has 0 aliphatic carbocycles. The lowest BCUT2D eigenvalue weighted by Gasteiger charge is -2.37. The highest BCUT2D eigenvalue weighted by Crippen LogP contribution is 2.35.